The van der Waals surface area contributed by atoms with Crippen molar-refractivity contribution in [1.29, 1.82) is 0 Å². The van der Waals surface area contributed by atoms with Crippen LogP contribution in [0.2, 0.25) is 0 Å². The van der Waals surface area contributed by atoms with Gasteiger partial charge < -0.3 is 13.6 Å². The van der Waals surface area contributed by atoms with Gasteiger partial charge >= 0.3 is 20.4 Å². The highest BCUT2D eigenvalue weighted by Gasteiger charge is 2.35. The van der Waals surface area contributed by atoms with Gasteiger partial charge in [-0.05, 0) is 33.7 Å². The molecule has 1 rings (SSSR count). The topological polar surface area (TPSA) is 64.8 Å². The highest BCUT2D eigenvalue weighted by atomic mass is 35.7. The van der Waals surface area contributed by atoms with Crippen LogP contribution < -0.4 is 0 Å². The van der Waals surface area contributed by atoms with Gasteiger partial charge in [0.2, 0.25) is 0 Å². The van der Waals surface area contributed by atoms with E-state index in [0.29, 0.717) is 0 Å². The van der Waals surface area contributed by atoms with Crippen molar-refractivity contribution in [2.75, 3.05) is 21.3 Å². The summed E-state index contributed by atoms with van der Waals surface area (Å²) in [7, 11) is 4.10. The van der Waals surface area contributed by atoms with Crippen LogP contribution in [0.25, 0.3) is 0 Å². The second kappa shape index (κ2) is 4.97. The molecule has 0 radical (unpaired) electrons. The van der Waals surface area contributed by atoms with Crippen molar-refractivity contribution in [3.8, 4) is 0 Å². The van der Waals surface area contributed by atoms with Crippen molar-refractivity contribution in [3.05, 3.63) is 0 Å². The zero-order valence-electron chi connectivity index (χ0n) is 8.04. The highest BCUT2D eigenvalue weighted by molar-refractivity contribution is 8.05. The predicted octanol–water partition coefficient (Wildman–Crippen LogP) is 5.49. The normalized spacial score (nSPS) is 45.2. The molecule has 6 nitrogen and oxygen atoms in total. The number of hydrogen-bond acceptors (Lipinski definition) is 6. The summed E-state index contributed by atoms with van der Waals surface area (Å²) in [5.74, 6) is 0. The Morgan fingerprint density at radius 1 is 0.667 bits per heavy atom. The Balaban J connectivity index is 3.46. The highest BCUT2D eigenvalue weighted by Crippen LogP contribution is 2.83. The molecule has 90 valence electrons. The van der Waals surface area contributed by atoms with Crippen LogP contribution in [-0.4, -0.2) is 21.3 Å². The number of rotatable bonds is 3. The molecule has 0 unspecified atom stereocenters. The maximum Gasteiger partial charge on any atom is 0.301 e. The minimum absolute atomic E-state index is 1.37. The molecule has 1 aliphatic heterocycles. The molecular formula is C3H9Cl3N3O3P3. The van der Waals surface area contributed by atoms with Crippen molar-refractivity contribution < 1.29 is 13.6 Å². The van der Waals surface area contributed by atoms with Crippen molar-refractivity contribution >= 4 is 54.1 Å². The van der Waals surface area contributed by atoms with Crippen LogP contribution >= 0.6 is 54.1 Å². The lowest BCUT2D eigenvalue weighted by molar-refractivity contribution is 0.445. The van der Waals surface area contributed by atoms with Gasteiger partial charge in [-0.1, -0.05) is 0 Å². The fourth-order valence-corrected chi connectivity index (χ4v) is 13.0. The minimum atomic E-state index is -2.91. The van der Waals surface area contributed by atoms with E-state index in [1.165, 1.54) is 21.3 Å². The lowest BCUT2D eigenvalue weighted by Crippen LogP contribution is -1.84. The summed E-state index contributed by atoms with van der Waals surface area (Å²) in [4.78, 5) is 0. The van der Waals surface area contributed by atoms with Crippen LogP contribution in [0.15, 0.2) is 13.5 Å². The Morgan fingerprint density at radius 2 is 0.867 bits per heavy atom. The molecule has 0 saturated carbocycles. The Kier molecular flexibility index (Phi) is 4.81. The summed E-state index contributed by atoms with van der Waals surface area (Å²) < 4.78 is 26.8. The van der Waals surface area contributed by atoms with E-state index in [1.807, 2.05) is 0 Å². The van der Waals surface area contributed by atoms with Crippen LogP contribution in [0, 0.1) is 0 Å². The molecular weight excluding hydrogens is 325 g/mol. The standard InChI is InChI=1S/C3H9Cl3N3O3P3/c1-10-13(4)7-14(5,11-2)9-15(6,8-13)12-3/h1-3H3. The van der Waals surface area contributed by atoms with E-state index >= 15 is 0 Å². The quantitative estimate of drug-likeness (QED) is 0.641. The molecule has 0 amide bonds. The van der Waals surface area contributed by atoms with Gasteiger partial charge in [0, 0.05) is 21.3 Å². The number of halogens is 3. The molecule has 0 atom stereocenters. The van der Waals surface area contributed by atoms with Gasteiger partial charge in [0.25, 0.3) is 0 Å². The van der Waals surface area contributed by atoms with Crippen LogP contribution in [0.3, 0.4) is 0 Å². The van der Waals surface area contributed by atoms with E-state index in [-0.39, 0.29) is 0 Å². The molecule has 12 heteroatoms. The smallest absolute Gasteiger partial charge is 0.301 e. The summed E-state index contributed by atoms with van der Waals surface area (Å²) in [6.07, 6.45) is 0. The minimum Gasteiger partial charge on any atom is -0.319 e. The Bertz CT molecular complexity index is 345. The summed E-state index contributed by atoms with van der Waals surface area (Å²) in [5, 5.41) is 0. The van der Waals surface area contributed by atoms with Gasteiger partial charge in [-0.15, -0.1) is 0 Å². The van der Waals surface area contributed by atoms with Gasteiger partial charge in [0.05, 0.1) is 0 Å². The zero-order chi connectivity index (χ0) is 11.7. The van der Waals surface area contributed by atoms with Crippen molar-refractivity contribution in [3.63, 3.8) is 0 Å². The maximum absolute atomic E-state index is 6.01. The third kappa shape index (κ3) is 3.45. The average molecular weight is 334 g/mol. The van der Waals surface area contributed by atoms with Crippen molar-refractivity contribution in [1.82, 2.24) is 0 Å². The fourth-order valence-electron chi connectivity index (χ4n) is 0.681. The SMILES string of the molecule is COP1(Cl)=NP(Cl)(OC)=NP(Cl)(OC)=N1. The van der Waals surface area contributed by atoms with Gasteiger partial charge in [-0.3, -0.25) is 0 Å². The molecule has 0 saturated heterocycles. The predicted molar refractivity (Wildman–Crippen MR) is 66.6 cm³/mol. The van der Waals surface area contributed by atoms with Crippen LogP contribution in [0.4, 0.5) is 0 Å². The zero-order valence-corrected chi connectivity index (χ0v) is 13.0. The average Bonchev–Trinajstić information content (AvgIpc) is 2.16. The molecule has 0 spiro atoms. The molecule has 0 aliphatic carbocycles. The summed E-state index contributed by atoms with van der Waals surface area (Å²) in [5.41, 5.74) is 0. The molecule has 1 aliphatic rings. The first kappa shape index (κ1) is 14.5. The lowest BCUT2D eigenvalue weighted by atomic mass is 11.8. The molecule has 15 heavy (non-hydrogen) atoms. The Morgan fingerprint density at radius 3 is 1.00 bits per heavy atom. The first-order chi connectivity index (χ1) is 6.80. The van der Waals surface area contributed by atoms with Crippen molar-refractivity contribution in [2.24, 2.45) is 13.5 Å². The lowest BCUT2D eigenvalue weighted by Gasteiger charge is -2.23. The maximum atomic E-state index is 6.01. The molecule has 0 aromatic rings. The van der Waals surface area contributed by atoms with Crippen LogP contribution in [0.1, 0.15) is 0 Å². The molecule has 0 fully saturated rings. The largest absolute Gasteiger partial charge is 0.319 e. The first-order valence-electron chi connectivity index (χ1n) is 3.48. The van der Waals surface area contributed by atoms with E-state index in [0.717, 1.165) is 0 Å². The number of hydrogen-bond donors (Lipinski definition) is 0. The van der Waals surface area contributed by atoms with Gasteiger partial charge in [-0.25, -0.2) is 0 Å². The summed E-state index contributed by atoms with van der Waals surface area (Å²) in [6, 6.07) is 0. The van der Waals surface area contributed by atoms with Gasteiger partial charge in [0.15, 0.2) is 0 Å². The molecule has 0 aromatic carbocycles. The summed E-state index contributed by atoms with van der Waals surface area (Å²) >= 11 is 18.0. The van der Waals surface area contributed by atoms with Crippen LogP contribution in [-0.2, 0) is 13.6 Å². The van der Waals surface area contributed by atoms with Gasteiger partial charge in [0.1, 0.15) is 0 Å². The molecule has 0 N–H and O–H groups in total. The first-order valence-corrected chi connectivity index (χ1v) is 11.0. The monoisotopic (exact) mass is 333 g/mol. The number of nitrogens with zero attached hydrogens (tertiary/aromatic N) is 3. The fraction of sp³-hybridized carbons (Fsp3) is 1.00. The van der Waals surface area contributed by atoms with E-state index in [2.05, 4.69) is 13.5 Å². The third-order valence-electron chi connectivity index (χ3n) is 1.36. The second-order valence-electron chi connectivity index (χ2n) is 2.23. The van der Waals surface area contributed by atoms with E-state index in [4.69, 9.17) is 47.3 Å². The Hall–Kier alpha value is 1.44. The van der Waals surface area contributed by atoms with Crippen LogP contribution in [0.5, 0.6) is 0 Å². The summed E-state index contributed by atoms with van der Waals surface area (Å²) in [6.45, 7) is -8.72. The second-order valence-corrected chi connectivity index (χ2v) is 12.3. The van der Waals surface area contributed by atoms with E-state index in [9.17, 15) is 0 Å². The van der Waals surface area contributed by atoms with Gasteiger partial charge in [-0.2, -0.15) is 13.5 Å². The van der Waals surface area contributed by atoms with E-state index < -0.39 is 20.4 Å². The third-order valence-corrected chi connectivity index (χ3v) is 12.9. The van der Waals surface area contributed by atoms with E-state index in [1.54, 1.807) is 0 Å². The molecule has 0 bridgehead atoms. The molecule has 0 aromatic heterocycles. The molecule has 1 heterocycles. The van der Waals surface area contributed by atoms with Crippen molar-refractivity contribution in [2.45, 2.75) is 0 Å². The Labute approximate surface area is 102 Å².